The third-order valence-electron chi connectivity index (χ3n) is 2.27. The number of para-hydroxylation sites is 1. The molecule has 2 rings (SSSR count). The topological polar surface area (TPSA) is 12.9 Å². The van der Waals surface area contributed by atoms with Crippen molar-refractivity contribution in [1.29, 1.82) is 0 Å². The number of quaternary nitrogens is 1. The van der Waals surface area contributed by atoms with Crippen LogP contribution in [0.2, 0.25) is 0 Å². The Morgan fingerprint density at radius 1 is 0.929 bits per heavy atom. The fourth-order valence-corrected chi connectivity index (χ4v) is 1.43. The van der Waals surface area contributed by atoms with Crippen molar-refractivity contribution in [1.82, 2.24) is 9.47 Å². The van der Waals surface area contributed by atoms with Gasteiger partial charge >= 0.3 is 0 Å². The molecule has 0 aliphatic heterocycles. The fraction of sp³-hybridized carbons (Fsp3) is 0.250. The van der Waals surface area contributed by atoms with E-state index in [0.29, 0.717) is 0 Å². The van der Waals surface area contributed by atoms with E-state index in [2.05, 4.69) is 50.4 Å². The minimum Gasteiger partial charge on any atom is -0.282 e. The van der Waals surface area contributed by atoms with Crippen LogP contribution in [0, 0.1) is 0 Å². The van der Waals surface area contributed by atoms with Gasteiger partial charge < -0.3 is 0 Å². The molecule has 0 radical (unpaired) electrons. The third kappa shape index (κ3) is 1.61. The summed E-state index contributed by atoms with van der Waals surface area (Å²) in [7, 11) is 6.37. The van der Waals surface area contributed by atoms with Crippen molar-refractivity contribution < 1.29 is 0 Å². The molecule has 2 nitrogen and oxygen atoms in total. The highest BCUT2D eigenvalue weighted by atomic mass is 15.3. The zero-order valence-corrected chi connectivity index (χ0v) is 8.86. The lowest BCUT2D eigenvalue weighted by molar-refractivity contribution is 0.474. The lowest BCUT2D eigenvalue weighted by Crippen LogP contribution is -2.35. The molecule has 14 heavy (non-hydrogen) atoms. The summed E-state index contributed by atoms with van der Waals surface area (Å²) >= 11 is 0. The maximum atomic E-state index is 4.62. The molecular weight excluding hydrogens is 172 g/mol. The third-order valence-corrected chi connectivity index (χ3v) is 2.27. The van der Waals surface area contributed by atoms with Gasteiger partial charge in [0, 0.05) is 11.5 Å². The number of aromatic nitrogens is 1. The molecular formula is C12H15N2+. The van der Waals surface area contributed by atoms with E-state index in [-0.39, 0.29) is 0 Å². The van der Waals surface area contributed by atoms with Crippen LogP contribution >= 0.6 is 0 Å². The molecule has 1 aromatic carbocycles. The molecule has 0 aliphatic rings. The normalized spacial score (nSPS) is 11.9. The van der Waals surface area contributed by atoms with Crippen LogP contribution in [0.15, 0.2) is 36.4 Å². The van der Waals surface area contributed by atoms with Gasteiger partial charge in [-0.1, -0.05) is 18.2 Å². The molecule has 0 saturated heterocycles. The maximum Gasteiger partial charge on any atom is 0.227 e. The highest BCUT2D eigenvalue weighted by Gasteiger charge is 2.13. The molecule has 0 fully saturated rings. The minimum atomic E-state index is 0.755. The van der Waals surface area contributed by atoms with Crippen LogP contribution in [0.25, 0.3) is 10.9 Å². The van der Waals surface area contributed by atoms with Crippen LogP contribution in [-0.4, -0.2) is 26.1 Å². The van der Waals surface area contributed by atoms with Gasteiger partial charge in [-0.2, -0.15) is 4.98 Å². The second-order valence-corrected chi connectivity index (χ2v) is 4.37. The number of nitrogens with zero attached hydrogens (tertiary/aromatic N) is 2. The van der Waals surface area contributed by atoms with Gasteiger partial charge in [0.2, 0.25) is 5.82 Å². The highest BCUT2D eigenvalue weighted by Crippen LogP contribution is 2.18. The van der Waals surface area contributed by atoms with Crippen LogP contribution in [0.1, 0.15) is 0 Å². The van der Waals surface area contributed by atoms with E-state index >= 15 is 0 Å². The molecule has 0 atom stereocenters. The van der Waals surface area contributed by atoms with Crippen molar-refractivity contribution in [3.05, 3.63) is 36.4 Å². The number of fused-ring (bicyclic) bond motifs is 1. The van der Waals surface area contributed by atoms with Crippen molar-refractivity contribution in [3.63, 3.8) is 0 Å². The predicted octanol–water partition coefficient (Wildman–Crippen LogP) is 2.43. The van der Waals surface area contributed by atoms with E-state index in [1.807, 2.05) is 12.1 Å². The van der Waals surface area contributed by atoms with Crippen molar-refractivity contribution in [2.24, 2.45) is 0 Å². The summed E-state index contributed by atoms with van der Waals surface area (Å²) in [5, 5.41) is 1.20. The second kappa shape index (κ2) is 3.07. The van der Waals surface area contributed by atoms with Gasteiger partial charge in [0.25, 0.3) is 0 Å². The Hall–Kier alpha value is -1.41. The summed E-state index contributed by atoms with van der Waals surface area (Å²) in [6.07, 6.45) is 0. The molecule has 0 saturated carbocycles. The summed E-state index contributed by atoms with van der Waals surface area (Å²) in [5.41, 5.74) is 1.07. The van der Waals surface area contributed by atoms with Gasteiger partial charge in [-0.25, -0.2) is 0 Å². The lowest BCUT2D eigenvalue weighted by atomic mass is 10.2. The second-order valence-electron chi connectivity index (χ2n) is 4.37. The van der Waals surface area contributed by atoms with Crippen LogP contribution in [0.4, 0.5) is 5.82 Å². The number of hydrogen-bond acceptors (Lipinski definition) is 1. The molecule has 0 bridgehead atoms. The summed E-state index contributed by atoms with van der Waals surface area (Å²) in [6.45, 7) is 0. The van der Waals surface area contributed by atoms with E-state index in [9.17, 15) is 0 Å². The van der Waals surface area contributed by atoms with Gasteiger partial charge in [-0.05, 0) is 12.1 Å². The van der Waals surface area contributed by atoms with Crippen molar-refractivity contribution in [2.75, 3.05) is 21.1 Å². The SMILES string of the molecule is C[N+](C)(C)c1ccc2ccccc2n1. The van der Waals surface area contributed by atoms with Crippen LogP contribution in [0.5, 0.6) is 0 Å². The molecule has 2 heteroatoms. The van der Waals surface area contributed by atoms with Crippen LogP contribution in [-0.2, 0) is 0 Å². The molecule has 0 unspecified atom stereocenters. The Balaban J connectivity index is 2.63. The first-order valence-electron chi connectivity index (χ1n) is 4.75. The van der Waals surface area contributed by atoms with E-state index in [1.165, 1.54) is 5.39 Å². The largest absolute Gasteiger partial charge is 0.282 e. The summed E-state index contributed by atoms with van der Waals surface area (Å²) in [6, 6.07) is 12.4. The molecule has 1 heterocycles. The van der Waals surface area contributed by atoms with E-state index in [0.717, 1.165) is 15.8 Å². The van der Waals surface area contributed by atoms with Gasteiger partial charge in [0.1, 0.15) is 0 Å². The highest BCUT2D eigenvalue weighted by molar-refractivity contribution is 5.79. The molecule has 0 amide bonds. The maximum absolute atomic E-state index is 4.62. The van der Waals surface area contributed by atoms with Crippen LogP contribution < -0.4 is 4.48 Å². The van der Waals surface area contributed by atoms with Gasteiger partial charge in [-0.15, -0.1) is 0 Å². The summed E-state index contributed by atoms with van der Waals surface area (Å²) in [5.74, 6) is 1.09. The summed E-state index contributed by atoms with van der Waals surface area (Å²) < 4.78 is 0.755. The first-order valence-corrected chi connectivity index (χ1v) is 4.75. The standard InChI is InChI=1S/C12H15N2/c1-14(2,3)12-9-8-10-6-4-5-7-11(10)13-12/h4-9H,1-3H3/q+1. The molecule has 2 aromatic rings. The number of pyridine rings is 1. The summed E-state index contributed by atoms with van der Waals surface area (Å²) in [4.78, 5) is 4.62. The first kappa shape index (κ1) is 9.16. The first-order chi connectivity index (χ1) is 6.57. The van der Waals surface area contributed by atoms with Gasteiger partial charge in [0.05, 0.1) is 26.7 Å². The smallest absolute Gasteiger partial charge is 0.227 e. The van der Waals surface area contributed by atoms with E-state index in [4.69, 9.17) is 0 Å². The zero-order valence-electron chi connectivity index (χ0n) is 8.86. The average Bonchev–Trinajstić information content (AvgIpc) is 2.16. The zero-order chi connectivity index (χ0) is 10.2. The minimum absolute atomic E-state index is 0.755. The Bertz CT molecular complexity index is 455. The number of benzene rings is 1. The van der Waals surface area contributed by atoms with E-state index < -0.39 is 0 Å². The molecule has 1 aromatic heterocycles. The van der Waals surface area contributed by atoms with Gasteiger partial charge in [-0.3, -0.25) is 4.48 Å². The number of rotatable bonds is 1. The lowest BCUT2D eigenvalue weighted by Gasteiger charge is -2.21. The number of hydrogen-bond donors (Lipinski definition) is 0. The van der Waals surface area contributed by atoms with E-state index in [1.54, 1.807) is 0 Å². The average molecular weight is 187 g/mol. The van der Waals surface area contributed by atoms with Crippen molar-refractivity contribution in [3.8, 4) is 0 Å². The molecule has 72 valence electrons. The predicted molar refractivity (Wildman–Crippen MR) is 61.3 cm³/mol. The Kier molecular flexibility index (Phi) is 2.01. The Morgan fingerprint density at radius 2 is 1.64 bits per heavy atom. The van der Waals surface area contributed by atoms with Gasteiger partial charge in [0.15, 0.2) is 0 Å². The Morgan fingerprint density at radius 3 is 2.36 bits per heavy atom. The monoisotopic (exact) mass is 187 g/mol. The quantitative estimate of drug-likeness (QED) is 0.625. The molecule has 0 N–H and O–H groups in total. The molecule has 0 aliphatic carbocycles. The van der Waals surface area contributed by atoms with Crippen molar-refractivity contribution in [2.45, 2.75) is 0 Å². The van der Waals surface area contributed by atoms with Crippen molar-refractivity contribution >= 4 is 16.7 Å². The Labute approximate surface area is 84.4 Å². The molecule has 0 spiro atoms. The van der Waals surface area contributed by atoms with Crippen LogP contribution in [0.3, 0.4) is 0 Å². The fourth-order valence-electron chi connectivity index (χ4n) is 1.43.